The van der Waals surface area contributed by atoms with Gasteiger partial charge >= 0.3 is 0 Å². The summed E-state index contributed by atoms with van der Waals surface area (Å²) >= 11 is 0. The van der Waals surface area contributed by atoms with E-state index in [4.69, 9.17) is 4.98 Å². The van der Waals surface area contributed by atoms with Crippen molar-refractivity contribution < 1.29 is 0 Å². The van der Waals surface area contributed by atoms with E-state index >= 15 is 0 Å². The van der Waals surface area contributed by atoms with Crippen LogP contribution in [0.3, 0.4) is 0 Å². The summed E-state index contributed by atoms with van der Waals surface area (Å²) in [6.45, 7) is 0. The fourth-order valence-corrected chi connectivity index (χ4v) is 5.19. The van der Waals surface area contributed by atoms with Gasteiger partial charge in [-0.2, -0.15) is 0 Å². The summed E-state index contributed by atoms with van der Waals surface area (Å²) in [5, 5.41) is 10.2. The van der Waals surface area contributed by atoms with Crippen LogP contribution in [0.5, 0.6) is 0 Å². The molecule has 0 bridgehead atoms. The molecule has 0 N–H and O–H groups in total. The van der Waals surface area contributed by atoms with E-state index in [1.807, 2.05) is 6.20 Å². The topological polar surface area (TPSA) is 12.9 Å². The van der Waals surface area contributed by atoms with Gasteiger partial charge in [0.1, 0.15) is 0 Å². The third-order valence-corrected chi connectivity index (χ3v) is 6.87. The quantitative estimate of drug-likeness (QED) is 0.249. The number of hydrogen-bond donors (Lipinski definition) is 0. The summed E-state index contributed by atoms with van der Waals surface area (Å²) in [7, 11) is 0. The Kier molecular flexibility index (Phi) is 4.22. The van der Waals surface area contributed by atoms with Gasteiger partial charge in [0.2, 0.25) is 0 Å². The molecule has 1 nitrogen and oxygen atoms in total. The first-order valence-corrected chi connectivity index (χ1v) is 11.6. The van der Waals surface area contributed by atoms with Crippen LogP contribution in [-0.2, 0) is 0 Å². The molecule has 0 fully saturated rings. The summed E-state index contributed by atoms with van der Waals surface area (Å²) in [6, 6.07) is 43.6. The maximum atomic E-state index is 4.74. The van der Waals surface area contributed by atoms with Crippen molar-refractivity contribution in [2.24, 2.45) is 0 Å². The highest BCUT2D eigenvalue weighted by Gasteiger charge is 2.10. The van der Waals surface area contributed by atoms with E-state index in [1.54, 1.807) is 0 Å². The number of pyridine rings is 1. The first-order chi connectivity index (χ1) is 16.8. The van der Waals surface area contributed by atoms with Crippen LogP contribution < -0.4 is 0 Å². The Hall–Kier alpha value is -4.49. The van der Waals surface area contributed by atoms with Crippen LogP contribution in [0.2, 0.25) is 0 Å². The van der Waals surface area contributed by atoms with E-state index in [2.05, 4.69) is 121 Å². The maximum Gasteiger partial charge on any atom is 0.0708 e. The third-order valence-electron chi connectivity index (χ3n) is 6.87. The SMILES string of the molecule is c1cc(-c2ccc3c4ccccc4c4ccccc4c3c2)cc(-c2cc3ccccc3cn2)c1. The summed E-state index contributed by atoms with van der Waals surface area (Å²) < 4.78 is 0. The first-order valence-electron chi connectivity index (χ1n) is 11.6. The lowest BCUT2D eigenvalue weighted by atomic mass is 9.91. The van der Waals surface area contributed by atoms with Gasteiger partial charge in [-0.3, -0.25) is 4.98 Å². The van der Waals surface area contributed by atoms with Crippen molar-refractivity contribution in [1.29, 1.82) is 0 Å². The third kappa shape index (κ3) is 2.98. The fraction of sp³-hybridized carbons (Fsp3) is 0. The van der Waals surface area contributed by atoms with Crippen molar-refractivity contribution in [2.45, 2.75) is 0 Å². The molecule has 6 aromatic carbocycles. The smallest absolute Gasteiger partial charge is 0.0708 e. The minimum Gasteiger partial charge on any atom is -0.256 e. The molecule has 1 aromatic heterocycles. The number of aromatic nitrogens is 1. The lowest BCUT2D eigenvalue weighted by Crippen LogP contribution is -1.87. The van der Waals surface area contributed by atoms with Gasteiger partial charge in [-0.25, -0.2) is 0 Å². The molecule has 0 amide bonds. The zero-order valence-electron chi connectivity index (χ0n) is 18.6. The van der Waals surface area contributed by atoms with E-state index in [0.717, 1.165) is 16.6 Å². The molecule has 0 aliphatic carbocycles. The highest BCUT2D eigenvalue weighted by atomic mass is 14.7. The van der Waals surface area contributed by atoms with Crippen molar-refractivity contribution in [3.8, 4) is 22.4 Å². The predicted octanol–water partition coefficient (Wildman–Crippen LogP) is 9.03. The van der Waals surface area contributed by atoms with Gasteiger partial charge < -0.3 is 0 Å². The number of nitrogens with zero attached hydrogens (tertiary/aromatic N) is 1. The van der Waals surface area contributed by atoms with Crippen molar-refractivity contribution in [3.63, 3.8) is 0 Å². The molecule has 0 radical (unpaired) electrons. The van der Waals surface area contributed by atoms with Crippen LogP contribution >= 0.6 is 0 Å². The molecule has 158 valence electrons. The lowest BCUT2D eigenvalue weighted by molar-refractivity contribution is 1.36. The van der Waals surface area contributed by atoms with Crippen LogP contribution in [0.25, 0.3) is 65.5 Å². The number of hydrogen-bond acceptors (Lipinski definition) is 1. The molecule has 0 atom stereocenters. The molecule has 0 aliphatic heterocycles. The minimum absolute atomic E-state index is 0.998. The first kappa shape index (κ1) is 19.0. The molecule has 0 aliphatic rings. The van der Waals surface area contributed by atoms with Crippen molar-refractivity contribution in [1.82, 2.24) is 4.98 Å². The Balaban J connectivity index is 1.42. The molecule has 7 rings (SSSR count). The monoisotopic (exact) mass is 431 g/mol. The second kappa shape index (κ2) is 7.54. The highest BCUT2D eigenvalue weighted by molar-refractivity contribution is 6.25. The van der Waals surface area contributed by atoms with E-state index in [1.165, 1.54) is 48.8 Å². The maximum absolute atomic E-state index is 4.74. The van der Waals surface area contributed by atoms with Crippen LogP contribution in [0, 0.1) is 0 Å². The van der Waals surface area contributed by atoms with Crippen molar-refractivity contribution in [2.75, 3.05) is 0 Å². The van der Waals surface area contributed by atoms with E-state index < -0.39 is 0 Å². The normalized spacial score (nSPS) is 11.5. The minimum atomic E-state index is 0.998. The largest absolute Gasteiger partial charge is 0.256 e. The number of rotatable bonds is 2. The number of benzene rings is 6. The Morgan fingerprint density at radius 3 is 1.65 bits per heavy atom. The van der Waals surface area contributed by atoms with Gasteiger partial charge in [0.25, 0.3) is 0 Å². The van der Waals surface area contributed by atoms with Gasteiger partial charge in [0.05, 0.1) is 5.69 Å². The average molecular weight is 432 g/mol. The molecule has 1 heterocycles. The van der Waals surface area contributed by atoms with Crippen molar-refractivity contribution in [3.05, 3.63) is 128 Å². The van der Waals surface area contributed by atoms with E-state index in [9.17, 15) is 0 Å². The summed E-state index contributed by atoms with van der Waals surface area (Å²) in [4.78, 5) is 4.74. The molecular weight excluding hydrogens is 410 g/mol. The molecular formula is C33H21N. The van der Waals surface area contributed by atoms with Crippen LogP contribution in [0.1, 0.15) is 0 Å². The van der Waals surface area contributed by atoms with Crippen LogP contribution in [0.4, 0.5) is 0 Å². The van der Waals surface area contributed by atoms with Gasteiger partial charge in [-0.15, -0.1) is 0 Å². The standard InChI is InChI=1S/C33H21N/c1-2-9-26-21-34-33(20-23(26)8-1)25-11-7-10-22(18-25)24-16-17-31-29-14-4-3-12-27(29)28-13-5-6-15-30(28)32(31)19-24/h1-21H. The highest BCUT2D eigenvalue weighted by Crippen LogP contribution is 2.37. The molecule has 1 heteroatoms. The predicted molar refractivity (Wildman–Crippen MR) is 145 cm³/mol. The second-order valence-electron chi connectivity index (χ2n) is 8.85. The van der Waals surface area contributed by atoms with Gasteiger partial charge in [-0.05, 0) is 67.0 Å². The Bertz CT molecular complexity index is 1830. The summed E-state index contributed by atoms with van der Waals surface area (Å²) in [5.41, 5.74) is 4.55. The Morgan fingerprint density at radius 2 is 0.912 bits per heavy atom. The van der Waals surface area contributed by atoms with Gasteiger partial charge in [-0.1, -0.05) is 103 Å². The van der Waals surface area contributed by atoms with E-state index in [-0.39, 0.29) is 0 Å². The van der Waals surface area contributed by atoms with Gasteiger partial charge in [0.15, 0.2) is 0 Å². The molecule has 7 aromatic rings. The lowest BCUT2D eigenvalue weighted by Gasteiger charge is -2.12. The number of fused-ring (bicyclic) bond motifs is 7. The zero-order chi connectivity index (χ0) is 22.5. The fourth-order valence-electron chi connectivity index (χ4n) is 5.19. The second-order valence-corrected chi connectivity index (χ2v) is 8.85. The Morgan fingerprint density at radius 1 is 0.353 bits per heavy atom. The summed E-state index contributed by atoms with van der Waals surface area (Å²) in [5.74, 6) is 0. The molecule has 0 spiro atoms. The molecule has 0 saturated carbocycles. The Labute approximate surface area is 197 Å². The van der Waals surface area contributed by atoms with Crippen molar-refractivity contribution >= 4 is 43.1 Å². The van der Waals surface area contributed by atoms with Crippen LogP contribution in [-0.4, -0.2) is 4.98 Å². The average Bonchev–Trinajstić information content (AvgIpc) is 2.93. The zero-order valence-corrected chi connectivity index (χ0v) is 18.6. The summed E-state index contributed by atoms with van der Waals surface area (Å²) in [6.07, 6.45) is 1.96. The van der Waals surface area contributed by atoms with Gasteiger partial charge in [0, 0.05) is 17.1 Å². The molecule has 0 saturated heterocycles. The van der Waals surface area contributed by atoms with Crippen LogP contribution in [0.15, 0.2) is 128 Å². The molecule has 34 heavy (non-hydrogen) atoms. The molecule has 0 unspecified atom stereocenters. The van der Waals surface area contributed by atoms with E-state index in [0.29, 0.717) is 0 Å².